The lowest BCUT2D eigenvalue weighted by Gasteiger charge is -2.10. The maximum atomic E-state index is 13.4. The molecule has 15 heavy (non-hydrogen) atoms. The van der Waals surface area contributed by atoms with E-state index in [1.807, 2.05) is 6.92 Å². The molecule has 1 aliphatic carbocycles. The van der Waals surface area contributed by atoms with Crippen LogP contribution in [0.15, 0.2) is 12.1 Å². The van der Waals surface area contributed by atoms with Crippen LogP contribution in [0.2, 0.25) is 0 Å². The normalized spacial score (nSPS) is 17.9. The molecule has 0 unspecified atom stereocenters. The van der Waals surface area contributed by atoms with Crippen LogP contribution in [0.3, 0.4) is 0 Å². The molecule has 82 valence electrons. The highest BCUT2D eigenvalue weighted by atomic mass is 19.2. The number of hydrogen-bond donors (Lipinski definition) is 1. The van der Waals surface area contributed by atoms with Gasteiger partial charge in [0, 0.05) is 6.42 Å². The van der Waals surface area contributed by atoms with Crippen molar-refractivity contribution in [2.45, 2.75) is 38.2 Å². The molecular formula is C12H14F2O. The van der Waals surface area contributed by atoms with Gasteiger partial charge in [-0.3, -0.25) is 0 Å². The van der Waals surface area contributed by atoms with E-state index in [1.54, 1.807) is 6.07 Å². The summed E-state index contributed by atoms with van der Waals surface area (Å²) in [4.78, 5) is 0. The van der Waals surface area contributed by atoms with Crippen molar-refractivity contribution < 1.29 is 13.9 Å². The molecule has 3 heteroatoms. The van der Waals surface area contributed by atoms with Crippen molar-refractivity contribution in [2.24, 2.45) is 0 Å². The van der Waals surface area contributed by atoms with E-state index >= 15 is 0 Å². The molecule has 0 spiro atoms. The highest BCUT2D eigenvalue weighted by Gasteiger charge is 2.41. The molecule has 1 aliphatic rings. The first-order valence-electron chi connectivity index (χ1n) is 5.23. The van der Waals surface area contributed by atoms with Crippen LogP contribution in [0.1, 0.15) is 30.9 Å². The fourth-order valence-corrected chi connectivity index (χ4v) is 1.72. The molecule has 2 rings (SSSR count). The molecule has 1 aromatic carbocycles. The third-order valence-electron chi connectivity index (χ3n) is 2.92. The van der Waals surface area contributed by atoms with Crippen LogP contribution < -0.4 is 0 Å². The zero-order valence-electron chi connectivity index (χ0n) is 8.69. The predicted molar refractivity (Wildman–Crippen MR) is 53.6 cm³/mol. The Balaban J connectivity index is 2.31. The number of rotatable bonds is 3. The topological polar surface area (TPSA) is 20.2 Å². The Labute approximate surface area is 87.7 Å². The Kier molecular flexibility index (Phi) is 2.51. The summed E-state index contributed by atoms with van der Waals surface area (Å²) in [6.07, 6.45) is 2.26. The minimum Gasteiger partial charge on any atom is -0.390 e. The van der Waals surface area contributed by atoms with Crippen LogP contribution in [0.25, 0.3) is 0 Å². The highest BCUT2D eigenvalue weighted by Crippen LogP contribution is 2.39. The van der Waals surface area contributed by atoms with E-state index in [0.29, 0.717) is 24.8 Å². The lowest BCUT2D eigenvalue weighted by molar-refractivity contribution is 0.149. The molecule has 0 aromatic heterocycles. The molecule has 0 amide bonds. The van der Waals surface area contributed by atoms with Crippen LogP contribution in [0.4, 0.5) is 8.78 Å². The van der Waals surface area contributed by atoms with E-state index in [2.05, 4.69) is 0 Å². The summed E-state index contributed by atoms with van der Waals surface area (Å²) in [6.45, 7) is 1.89. The van der Waals surface area contributed by atoms with Crippen molar-refractivity contribution in [1.29, 1.82) is 0 Å². The van der Waals surface area contributed by atoms with Crippen molar-refractivity contribution >= 4 is 0 Å². The summed E-state index contributed by atoms with van der Waals surface area (Å²) in [6, 6.07) is 2.87. The molecule has 1 fully saturated rings. The molecule has 0 heterocycles. The first kappa shape index (κ1) is 10.6. The molecule has 0 aliphatic heterocycles. The van der Waals surface area contributed by atoms with Gasteiger partial charge in [-0.15, -0.1) is 0 Å². The molecule has 0 bridgehead atoms. The number of aliphatic hydroxyl groups is 1. The summed E-state index contributed by atoms with van der Waals surface area (Å²) in [5.41, 5.74) is 0.291. The molecule has 0 radical (unpaired) electrons. The predicted octanol–water partition coefficient (Wildman–Crippen LogP) is 2.59. The molecule has 0 saturated heterocycles. The van der Waals surface area contributed by atoms with Crippen molar-refractivity contribution in [1.82, 2.24) is 0 Å². The average molecular weight is 212 g/mol. The fourth-order valence-electron chi connectivity index (χ4n) is 1.72. The number of benzene rings is 1. The molecule has 1 aromatic rings. The zero-order chi connectivity index (χ0) is 11.1. The second kappa shape index (κ2) is 3.56. The summed E-state index contributed by atoms with van der Waals surface area (Å²) in [5, 5.41) is 9.67. The quantitative estimate of drug-likeness (QED) is 0.816. The Morgan fingerprint density at radius 1 is 1.33 bits per heavy atom. The van der Waals surface area contributed by atoms with E-state index in [0.717, 1.165) is 5.56 Å². The lowest BCUT2D eigenvalue weighted by atomic mass is 10.0. The SMILES string of the molecule is CCc1cc(F)c(F)c(CC2(O)CC2)c1. The third kappa shape index (κ3) is 2.17. The first-order valence-corrected chi connectivity index (χ1v) is 5.23. The van der Waals surface area contributed by atoms with E-state index in [-0.39, 0.29) is 6.42 Å². The Morgan fingerprint density at radius 2 is 2.00 bits per heavy atom. The monoisotopic (exact) mass is 212 g/mol. The first-order chi connectivity index (χ1) is 7.04. The van der Waals surface area contributed by atoms with Gasteiger partial charge in [-0.2, -0.15) is 0 Å². The van der Waals surface area contributed by atoms with Gasteiger partial charge >= 0.3 is 0 Å². The van der Waals surface area contributed by atoms with E-state index in [4.69, 9.17) is 0 Å². The van der Waals surface area contributed by atoms with Gasteiger partial charge in [-0.25, -0.2) is 8.78 Å². The van der Waals surface area contributed by atoms with Gasteiger partial charge in [0.25, 0.3) is 0 Å². The van der Waals surface area contributed by atoms with Crippen molar-refractivity contribution in [3.05, 3.63) is 34.9 Å². The van der Waals surface area contributed by atoms with Gasteiger partial charge in [0.2, 0.25) is 0 Å². The van der Waals surface area contributed by atoms with Gasteiger partial charge in [0.15, 0.2) is 11.6 Å². The van der Waals surface area contributed by atoms with E-state index in [9.17, 15) is 13.9 Å². The second-order valence-electron chi connectivity index (χ2n) is 4.31. The largest absolute Gasteiger partial charge is 0.390 e. The van der Waals surface area contributed by atoms with Gasteiger partial charge in [0.05, 0.1) is 5.60 Å². The third-order valence-corrected chi connectivity index (χ3v) is 2.92. The van der Waals surface area contributed by atoms with E-state index < -0.39 is 17.2 Å². The maximum Gasteiger partial charge on any atom is 0.162 e. The zero-order valence-corrected chi connectivity index (χ0v) is 8.69. The second-order valence-corrected chi connectivity index (χ2v) is 4.31. The Morgan fingerprint density at radius 3 is 2.53 bits per heavy atom. The minimum atomic E-state index is -0.812. The van der Waals surface area contributed by atoms with Crippen LogP contribution in [0.5, 0.6) is 0 Å². The summed E-state index contributed by atoms with van der Waals surface area (Å²) < 4.78 is 26.6. The lowest BCUT2D eigenvalue weighted by Crippen LogP contribution is -2.13. The number of aryl methyl sites for hydroxylation is 1. The Bertz CT molecular complexity index is 383. The molecule has 1 saturated carbocycles. The van der Waals surface area contributed by atoms with Crippen LogP contribution in [0, 0.1) is 11.6 Å². The van der Waals surface area contributed by atoms with E-state index in [1.165, 1.54) is 6.07 Å². The van der Waals surface area contributed by atoms with Crippen LogP contribution in [-0.2, 0) is 12.8 Å². The smallest absolute Gasteiger partial charge is 0.162 e. The summed E-state index contributed by atoms with van der Waals surface area (Å²) in [5.74, 6) is -1.62. The van der Waals surface area contributed by atoms with Crippen molar-refractivity contribution in [2.75, 3.05) is 0 Å². The van der Waals surface area contributed by atoms with Crippen LogP contribution in [-0.4, -0.2) is 10.7 Å². The summed E-state index contributed by atoms with van der Waals surface area (Å²) in [7, 11) is 0. The molecule has 0 atom stereocenters. The fraction of sp³-hybridized carbons (Fsp3) is 0.500. The van der Waals surface area contributed by atoms with Crippen LogP contribution >= 0.6 is 0 Å². The van der Waals surface area contributed by atoms with Gasteiger partial charge in [0.1, 0.15) is 0 Å². The summed E-state index contributed by atoms with van der Waals surface area (Å²) >= 11 is 0. The van der Waals surface area contributed by atoms with Crippen molar-refractivity contribution in [3.8, 4) is 0 Å². The standard InChI is InChI=1S/C12H14F2O/c1-2-8-5-9(7-12(15)3-4-12)11(14)10(13)6-8/h5-6,15H,2-4,7H2,1H3. The van der Waals surface area contributed by atoms with Gasteiger partial charge < -0.3 is 5.11 Å². The minimum absolute atomic E-state index is 0.226. The molecule has 1 nitrogen and oxygen atoms in total. The average Bonchev–Trinajstić information content (AvgIpc) is 2.91. The van der Waals surface area contributed by atoms with Gasteiger partial charge in [-0.05, 0) is 36.5 Å². The Hall–Kier alpha value is -0.960. The van der Waals surface area contributed by atoms with Gasteiger partial charge in [-0.1, -0.05) is 13.0 Å². The molecule has 1 N–H and O–H groups in total. The van der Waals surface area contributed by atoms with Crippen molar-refractivity contribution in [3.63, 3.8) is 0 Å². The number of hydrogen-bond acceptors (Lipinski definition) is 1. The molecular weight excluding hydrogens is 198 g/mol. The maximum absolute atomic E-state index is 13.4. The highest BCUT2D eigenvalue weighted by molar-refractivity contribution is 5.28. The number of halogens is 2.